The molecule has 0 bridgehead atoms. The van der Waals surface area contributed by atoms with E-state index in [0.29, 0.717) is 18.2 Å². The third-order valence-corrected chi connectivity index (χ3v) is 4.39. The number of para-hydroxylation sites is 1. The predicted molar refractivity (Wildman–Crippen MR) is 72.6 cm³/mol. The van der Waals surface area contributed by atoms with Crippen LogP contribution in [0.3, 0.4) is 0 Å². The van der Waals surface area contributed by atoms with Gasteiger partial charge in [-0.05, 0) is 25.5 Å². The maximum absolute atomic E-state index is 13.3. The largest absolute Gasteiger partial charge is 0.505 e. The summed E-state index contributed by atoms with van der Waals surface area (Å²) in [6.45, 7) is 5.01. The Hall–Kier alpha value is -1.13. The summed E-state index contributed by atoms with van der Waals surface area (Å²) >= 11 is 0. The van der Waals surface area contributed by atoms with Gasteiger partial charge < -0.3 is 5.11 Å². The summed E-state index contributed by atoms with van der Waals surface area (Å²) < 4.78 is 13.3. The van der Waals surface area contributed by atoms with Crippen LogP contribution in [0.5, 0.6) is 5.75 Å². The van der Waals surface area contributed by atoms with Crippen LogP contribution in [0, 0.1) is 5.82 Å². The summed E-state index contributed by atoms with van der Waals surface area (Å²) in [6.07, 6.45) is 3.91. The van der Waals surface area contributed by atoms with Crippen molar-refractivity contribution < 1.29 is 9.50 Å². The van der Waals surface area contributed by atoms with Gasteiger partial charge in [-0.15, -0.1) is 0 Å². The van der Waals surface area contributed by atoms with Crippen molar-refractivity contribution in [2.75, 3.05) is 26.2 Å². The highest BCUT2D eigenvalue weighted by molar-refractivity contribution is 5.33. The summed E-state index contributed by atoms with van der Waals surface area (Å²) in [5, 5.41) is 9.75. The van der Waals surface area contributed by atoms with Gasteiger partial charge in [0, 0.05) is 37.8 Å². The normalized spacial score (nSPS) is 25.2. The average molecular weight is 264 g/mol. The van der Waals surface area contributed by atoms with Crippen molar-refractivity contribution in [2.45, 2.75) is 31.8 Å². The zero-order chi connectivity index (χ0) is 13.2. The van der Waals surface area contributed by atoms with E-state index in [1.54, 1.807) is 6.07 Å². The fourth-order valence-corrected chi connectivity index (χ4v) is 3.29. The zero-order valence-corrected chi connectivity index (χ0v) is 11.2. The number of piperazine rings is 1. The molecule has 2 fully saturated rings. The number of aromatic hydroxyl groups is 1. The molecule has 104 valence electrons. The lowest BCUT2D eigenvalue weighted by Crippen LogP contribution is -2.54. The monoisotopic (exact) mass is 264 g/mol. The van der Waals surface area contributed by atoms with E-state index in [1.807, 2.05) is 6.07 Å². The van der Waals surface area contributed by atoms with Crippen LogP contribution in [0.4, 0.5) is 4.39 Å². The van der Waals surface area contributed by atoms with Gasteiger partial charge in [-0.25, -0.2) is 4.39 Å². The minimum absolute atomic E-state index is 0.187. The molecule has 0 aliphatic carbocycles. The van der Waals surface area contributed by atoms with Crippen LogP contribution in [0.15, 0.2) is 18.2 Å². The van der Waals surface area contributed by atoms with Crippen molar-refractivity contribution in [1.29, 1.82) is 0 Å². The Morgan fingerprint density at radius 1 is 1.21 bits per heavy atom. The third kappa shape index (κ3) is 2.74. The first-order valence-corrected chi connectivity index (χ1v) is 7.17. The molecule has 1 unspecified atom stereocenters. The second-order valence-electron chi connectivity index (χ2n) is 5.67. The Kier molecular flexibility index (Phi) is 3.71. The standard InChI is InChI=1S/C15H21FN2O/c16-14-6-3-4-12(15(14)19)10-17-8-9-18-7-2-1-5-13(18)11-17/h3-4,6,13,19H,1-2,5,7-11H2. The number of piperidine rings is 1. The fraction of sp³-hybridized carbons (Fsp3) is 0.600. The van der Waals surface area contributed by atoms with Gasteiger partial charge >= 0.3 is 0 Å². The molecule has 4 heteroatoms. The van der Waals surface area contributed by atoms with Crippen LogP contribution in [0.2, 0.25) is 0 Å². The summed E-state index contributed by atoms with van der Waals surface area (Å²) in [7, 11) is 0. The Labute approximate surface area is 113 Å². The molecular weight excluding hydrogens is 243 g/mol. The molecule has 3 nitrogen and oxygen atoms in total. The molecule has 2 aliphatic rings. The maximum Gasteiger partial charge on any atom is 0.165 e. The van der Waals surface area contributed by atoms with Crippen molar-refractivity contribution in [3.63, 3.8) is 0 Å². The van der Waals surface area contributed by atoms with Gasteiger partial charge in [0.15, 0.2) is 11.6 Å². The van der Waals surface area contributed by atoms with Gasteiger partial charge in [0.05, 0.1) is 0 Å². The summed E-state index contributed by atoms with van der Waals surface area (Å²) in [4.78, 5) is 4.91. The number of hydrogen-bond donors (Lipinski definition) is 1. The molecule has 19 heavy (non-hydrogen) atoms. The molecular formula is C15H21FN2O. The first-order chi connectivity index (χ1) is 9.24. The van der Waals surface area contributed by atoms with Crippen LogP contribution in [0.1, 0.15) is 24.8 Å². The van der Waals surface area contributed by atoms with Crippen LogP contribution in [0.25, 0.3) is 0 Å². The van der Waals surface area contributed by atoms with Gasteiger partial charge in [-0.3, -0.25) is 9.80 Å². The van der Waals surface area contributed by atoms with Crippen molar-refractivity contribution in [3.05, 3.63) is 29.6 Å². The van der Waals surface area contributed by atoms with Crippen LogP contribution >= 0.6 is 0 Å². The SMILES string of the molecule is Oc1c(F)cccc1CN1CCN2CCCCC2C1. The second kappa shape index (κ2) is 5.47. The zero-order valence-electron chi connectivity index (χ0n) is 11.2. The lowest BCUT2D eigenvalue weighted by atomic mass is 9.99. The number of halogens is 1. The number of rotatable bonds is 2. The minimum atomic E-state index is -0.520. The molecule has 2 heterocycles. The lowest BCUT2D eigenvalue weighted by molar-refractivity contribution is 0.0453. The van der Waals surface area contributed by atoms with E-state index in [0.717, 1.165) is 19.6 Å². The summed E-state index contributed by atoms with van der Waals surface area (Å²) in [5.74, 6) is -0.706. The van der Waals surface area contributed by atoms with Crippen molar-refractivity contribution in [1.82, 2.24) is 9.80 Å². The van der Waals surface area contributed by atoms with E-state index >= 15 is 0 Å². The van der Waals surface area contributed by atoms with Crippen molar-refractivity contribution >= 4 is 0 Å². The fourth-order valence-electron chi connectivity index (χ4n) is 3.29. The van der Waals surface area contributed by atoms with Crippen LogP contribution in [-0.2, 0) is 6.54 Å². The molecule has 0 aromatic heterocycles. The topological polar surface area (TPSA) is 26.7 Å². The Morgan fingerprint density at radius 2 is 2.11 bits per heavy atom. The van der Waals surface area contributed by atoms with E-state index in [9.17, 15) is 9.50 Å². The van der Waals surface area contributed by atoms with Gasteiger partial charge in [-0.1, -0.05) is 18.6 Å². The highest BCUT2D eigenvalue weighted by Crippen LogP contribution is 2.25. The number of phenols is 1. The quantitative estimate of drug-likeness (QED) is 0.887. The number of nitrogens with zero attached hydrogens (tertiary/aromatic N) is 2. The molecule has 0 saturated carbocycles. The highest BCUT2D eigenvalue weighted by Gasteiger charge is 2.29. The number of fused-ring (bicyclic) bond motifs is 1. The maximum atomic E-state index is 13.3. The molecule has 0 amide bonds. The molecule has 2 saturated heterocycles. The molecule has 3 rings (SSSR count). The number of hydrogen-bond acceptors (Lipinski definition) is 3. The Morgan fingerprint density at radius 3 is 3.00 bits per heavy atom. The van der Waals surface area contributed by atoms with E-state index in [1.165, 1.54) is 31.9 Å². The number of phenolic OH excluding ortho intramolecular Hbond substituents is 1. The average Bonchev–Trinajstić information content (AvgIpc) is 2.44. The molecule has 1 aromatic carbocycles. The third-order valence-electron chi connectivity index (χ3n) is 4.39. The first-order valence-electron chi connectivity index (χ1n) is 7.17. The molecule has 0 radical (unpaired) electrons. The molecule has 1 aromatic rings. The molecule has 1 N–H and O–H groups in total. The molecule has 0 spiro atoms. The summed E-state index contributed by atoms with van der Waals surface area (Å²) in [6, 6.07) is 5.43. The van der Waals surface area contributed by atoms with Crippen molar-refractivity contribution in [3.8, 4) is 5.75 Å². The van der Waals surface area contributed by atoms with Crippen LogP contribution in [-0.4, -0.2) is 47.1 Å². The van der Waals surface area contributed by atoms with Gasteiger partial charge in [0.25, 0.3) is 0 Å². The second-order valence-corrected chi connectivity index (χ2v) is 5.67. The number of benzene rings is 1. The van der Waals surface area contributed by atoms with E-state index in [4.69, 9.17) is 0 Å². The van der Waals surface area contributed by atoms with E-state index < -0.39 is 5.82 Å². The minimum Gasteiger partial charge on any atom is -0.505 e. The lowest BCUT2D eigenvalue weighted by Gasteiger charge is -2.44. The highest BCUT2D eigenvalue weighted by atomic mass is 19.1. The van der Waals surface area contributed by atoms with Gasteiger partial charge in [0.2, 0.25) is 0 Å². The molecule has 1 atom stereocenters. The summed E-state index contributed by atoms with van der Waals surface area (Å²) in [5.41, 5.74) is 0.698. The van der Waals surface area contributed by atoms with Gasteiger partial charge in [0.1, 0.15) is 0 Å². The van der Waals surface area contributed by atoms with E-state index in [2.05, 4.69) is 9.80 Å². The first kappa shape index (κ1) is 12.9. The Bertz CT molecular complexity index is 452. The molecule has 2 aliphatic heterocycles. The smallest absolute Gasteiger partial charge is 0.165 e. The van der Waals surface area contributed by atoms with Crippen molar-refractivity contribution in [2.24, 2.45) is 0 Å². The van der Waals surface area contributed by atoms with Gasteiger partial charge in [-0.2, -0.15) is 0 Å². The van der Waals surface area contributed by atoms with E-state index in [-0.39, 0.29) is 5.75 Å². The van der Waals surface area contributed by atoms with Crippen LogP contribution < -0.4 is 0 Å². The Balaban J connectivity index is 1.66. The predicted octanol–water partition coefficient (Wildman–Crippen LogP) is 2.20.